The lowest BCUT2D eigenvalue weighted by Gasteiger charge is -2.09. The largest absolute Gasteiger partial charge is 0.466 e. The van der Waals surface area contributed by atoms with Gasteiger partial charge >= 0.3 is 0 Å². The van der Waals surface area contributed by atoms with Gasteiger partial charge in [-0.3, -0.25) is 9.78 Å². The number of ketones is 1. The maximum atomic E-state index is 12.5. The minimum atomic E-state index is -0.249. The number of furan rings is 1. The predicted octanol–water partition coefficient (Wildman–Crippen LogP) is 3.59. The zero-order valence-corrected chi connectivity index (χ0v) is 11.2. The Morgan fingerprint density at radius 2 is 1.94 bits per heavy atom. The molecule has 2 rings (SSSR count). The first-order chi connectivity index (χ1) is 8.52. The predicted molar refractivity (Wildman–Crippen MR) is 69.9 cm³/mol. The Kier molecular flexibility index (Phi) is 3.32. The summed E-state index contributed by atoms with van der Waals surface area (Å²) in [6, 6.07) is 5.62. The lowest BCUT2D eigenvalue weighted by Crippen LogP contribution is -2.12. The third-order valence-electron chi connectivity index (χ3n) is 3.33. The maximum absolute atomic E-state index is 12.5. The highest BCUT2D eigenvalue weighted by Gasteiger charge is 2.24. The molecule has 0 spiro atoms. The molecule has 2 aromatic rings. The average Bonchev–Trinajstić information content (AvgIpc) is 2.63. The maximum Gasteiger partial charge on any atom is 0.175 e. The highest BCUT2D eigenvalue weighted by molar-refractivity contribution is 6.02. The summed E-state index contributed by atoms with van der Waals surface area (Å²) in [5, 5.41) is 0. The van der Waals surface area contributed by atoms with Gasteiger partial charge in [-0.05, 0) is 39.8 Å². The van der Waals surface area contributed by atoms with Crippen LogP contribution in [-0.4, -0.2) is 10.8 Å². The van der Waals surface area contributed by atoms with Gasteiger partial charge in [-0.15, -0.1) is 0 Å². The molecule has 18 heavy (non-hydrogen) atoms. The Bertz CT molecular complexity index is 570. The average molecular weight is 243 g/mol. The topological polar surface area (TPSA) is 43.1 Å². The fourth-order valence-corrected chi connectivity index (χ4v) is 2.14. The van der Waals surface area contributed by atoms with Gasteiger partial charge in [0.05, 0.1) is 17.2 Å². The number of aryl methyl sites for hydroxylation is 2. The molecular weight excluding hydrogens is 226 g/mol. The van der Waals surface area contributed by atoms with Crippen molar-refractivity contribution in [2.24, 2.45) is 0 Å². The summed E-state index contributed by atoms with van der Waals surface area (Å²) in [6.45, 7) is 7.51. The van der Waals surface area contributed by atoms with E-state index in [1.54, 1.807) is 6.20 Å². The van der Waals surface area contributed by atoms with E-state index in [1.165, 1.54) is 0 Å². The highest BCUT2D eigenvalue weighted by Crippen LogP contribution is 2.26. The quantitative estimate of drug-likeness (QED) is 0.774. The molecule has 94 valence electrons. The third kappa shape index (κ3) is 2.08. The molecule has 2 heterocycles. The van der Waals surface area contributed by atoms with Crippen LogP contribution < -0.4 is 0 Å². The second-order valence-corrected chi connectivity index (χ2v) is 4.55. The summed E-state index contributed by atoms with van der Waals surface area (Å²) in [5.74, 6) is 1.32. The molecule has 3 nitrogen and oxygen atoms in total. The molecule has 0 saturated carbocycles. The fraction of sp³-hybridized carbons (Fsp3) is 0.333. The molecule has 0 amide bonds. The zero-order chi connectivity index (χ0) is 13.3. The smallest absolute Gasteiger partial charge is 0.175 e. The first-order valence-corrected chi connectivity index (χ1v) is 6.04. The molecule has 0 aliphatic carbocycles. The number of rotatable bonds is 3. The molecule has 0 saturated heterocycles. The van der Waals surface area contributed by atoms with E-state index in [-0.39, 0.29) is 11.7 Å². The Morgan fingerprint density at radius 3 is 2.44 bits per heavy atom. The molecule has 2 aromatic heterocycles. The fourth-order valence-electron chi connectivity index (χ4n) is 2.14. The molecule has 3 heteroatoms. The van der Waals surface area contributed by atoms with Gasteiger partial charge in [0.15, 0.2) is 5.78 Å². The van der Waals surface area contributed by atoms with Gasteiger partial charge in [-0.25, -0.2) is 0 Å². The lowest BCUT2D eigenvalue weighted by molar-refractivity contribution is 0.0962. The summed E-state index contributed by atoms with van der Waals surface area (Å²) >= 11 is 0. The number of pyridine rings is 1. The van der Waals surface area contributed by atoms with Crippen molar-refractivity contribution in [1.29, 1.82) is 0 Å². The number of hydrogen-bond donors (Lipinski definition) is 0. The highest BCUT2D eigenvalue weighted by atomic mass is 16.3. The van der Waals surface area contributed by atoms with Crippen LogP contribution in [0.25, 0.3) is 0 Å². The summed E-state index contributed by atoms with van der Waals surface area (Å²) in [6.07, 6.45) is 1.71. The van der Waals surface area contributed by atoms with E-state index in [4.69, 9.17) is 4.42 Å². The molecule has 0 fully saturated rings. The zero-order valence-electron chi connectivity index (χ0n) is 11.2. The summed E-state index contributed by atoms with van der Waals surface area (Å²) in [4.78, 5) is 16.7. The molecule has 0 bridgehead atoms. The van der Waals surface area contributed by atoms with Gasteiger partial charge in [-0.1, -0.05) is 6.07 Å². The Hall–Kier alpha value is -1.90. The van der Waals surface area contributed by atoms with Crippen molar-refractivity contribution in [3.8, 4) is 0 Å². The number of hydrogen-bond acceptors (Lipinski definition) is 3. The van der Waals surface area contributed by atoms with Crippen LogP contribution in [0.5, 0.6) is 0 Å². The standard InChI is InChI=1S/C15H17NO2/c1-9-11(3)18-12(4)14(9)15(17)10(2)13-7-5-6-8-16-13/h5-8,10H,1-4H3. The summed E-state index contributed by atoms with van der Waals surface area (Å²) in [7, 11) is 0. The number of aromatic nitrogens is 1. The minimum Gasteiger partial charge on any atom is -0.466 e. The van der Waals surface area contributed by atoms with Crippen molar-refractivity contribution in [2.75, 3.05) is 0 Å². The van der Waals surface area contributed by atoms with Gasteiger partial charge < -0.3 is 4.42 Å². The normalized spacial score (nSPS) is 12.4. The first kappa shape index (κ1) is 12.6. The molecule has 1 unspecified atom stereocenters. The molecule has 0 radical (unpaired) electrons. The Labute approximate surface area is 107 Å². The van der Waals surface area contributed by atoms with E-state index in [9.17, 15) is 4.79 Å². The van der Waals surface area contributed by atoms with Crippen LogP contribution in [-0.2, 0) is 0 Å². The van der Waals surface area contributed by atoms with E-state index in [1.807, 2.05) is 45.9 Å². The van der Waals surface area contributed by atoms with Gasteiger partial charge in [0, 0.05) is 11.8 Å². The minimum absolute atomic E-state index is 0.0700. The number of carbonyl (C=O) groups excluding carboxylic acids is 1. The molecule has 1 atom stereocenters. The van der Waals surface area contributed by atoms with E-state index in [2.05, 4.69) is 4.98 Å². The van der Waals surface area contributed by atoms with E-state index < -0.39 is 0 Å². The van der Waals surface area contributed by atoms with Crippen LogP contribution >= 0.6 is 0 Å². The summed E-state index contributed by atoms with van der Waals surface area (Å²) in [5.41, 5.74) is 2.42. The molecule has 0 N–H and O–H groups in total. The van der Waals surface area contributed by atoms with Crippen molar-refractivity contribution in [3.05, 3.63) is 52.7 Å². The van der Waals surface area contributed by atoms with Crippen molar-refractivity contribution in [2.45, 2.75) is 33.6 Å². The monoisotopic (exact) mass is 243 g/mol. The lowest BCUT2D eigenvalue weighted by atomic mass is 9.93. The van der Waals surface area contributed by atoms with Crippen molar-refractivity contribution in [3.63, 3.8) is 0 Å². The number of Topliss-reactive ketones (excluding diaryl/α,β-unsaturated/α-hetero) is 1. The van der Waals surface area contributed by atoms with Gasteiger partial charge in [0.1, 0.15) is 11.5 Å². The van der Waals surface area contributed by atoms with Crippen LogP contribution in [0.1, 0.15) is 46.0 Å². The number of carbonyl (C=O) groups is 1. The van der Waals surface area contributed by atoms with E-state index in [0.717, 1.165) is 17.0 Å². The van der Waals surface area contributed by atoms with Gasteiger partial charge in [-0.2, -0.15) is 0 Å². The van der Waals surface area contributed by atoms with E-state index >= 15 is 0 Å². The van der Waals surface area contributed by atoms with Crippen LogP contribution in [0.2, 0.25) is 0 Å². The summed E-state index contributed by atoms with van der Waals surface area (Å²) < 4.78 is 5.51. The SMILES string of the molecule is Cc1oc(C)c(C(=O)C(C)c2ccccn2)c1C. The molecule has 0 aliphatic rings. The van der Waals surface area contributed by atoms with Crippen molar-refractivity contribution >= 4 is 5.78 Å². The second kappa shape index (κ2) is 4.77. The van der Waals surface area contributed by atoms with Crippen LogP contribution in [0.3, 0.4) is 0 Å². The van der Waals surface area contributed by atoms with Crippen molar-refractivity contribution in [1.82, 2.24) is 4.98 Å². The van der Waals surface area contributed by atoms with Crippen LogP contribution in [0.4, 0.5) is 0 Å². The van der Waals surface area contributed by atoms with Gasteiger partial charge in [0.25, 0.3) is 0 Å². The third-order valence-corrected chi connectivity index (χ3v) is 3.33. The molecular formula is C15H17NO2. The van der Waals surface area contributed by atoms with Crippen LogP contribution in [0.15, 0.2) is 28.8 Å². The van der Waals surface area contributed by atoms with Gasteiger partial charge in [0.2, 0.25) is 0 Å². The number of nitrogens with zero attached hydrogens (tertiary/aromatic N) is 1. The van der Waals surface area contributed by atoms with E-state index in [0.29, 0.717) is 11.3 Å². The van der Waals surface area contributed by atoms with Crippen molar-refractivity contribution < 1.29 is 9.21 Å². The Morgan fingerprint density at radius 1 is 1.22 bits per heavy atom. The van der Waals surface area contributed by atoms with Crippen LogP contribution in [0, 0.1) is 20.8 Å². The second-order valence-electron chi connectivity index (χ2n) is 4.55. The molecule has 0 aromatic carbocycles. The molecule has 0 aliphatic heterocycles. The Balaban J connectivity index is 2.38. The first-order valence-electron chi connectivity index (χ1n) is 6.04.